The summed E-state index contributed by atoms with van der Waals surface area (Å²) in [6.07, 6.45) is 4.28. The molecule has 1 unspecified atom stereocenters. The predicted molar refractivity (Wildman–Crippen MR) is 68.3 cm³/mol. The van der Waals surface area contributed by atoms with Gasteiger partial charge in [-0.1, -0.05) is 12.8 Å². The lowest BCUT2D eigenvalue weighted by molar-refractivity contribution is 0.347. The fourth-order valence-corrected chi connectivity index (χ4v) is 6.16. The molecular formula is C9H18ClNO4S2. The minimum absolute atomic E-state index is 0.211. The highest BCUT2D eigenvalue weighted by molar-refractivity contribution is 8.06. The number of nitrogens with zero attached hydrogens (tertiary/aromatic N) is 1. The highest BCUT2D eigenvalue weighted by atomic mass is 35.5. The first-order valence-corrected chi connectivity index (χ1v) is 9.70. The van der Waals surface area contributed by atoms with Gasteiger partial charge in [-0.05, 0) is 12.8 Å². The lowest BCUT2D eigenvalue weighted by Crippen LogP contribution is -2.43. The van der Waals surface area contributed by atoms with E-state index in [1.165, 1.54) is 4.31 Å². The van der Waals surface area contributed by atoms with Crippen LogP contribution in [0.15, 0.2) is 0 Å². The molecule has 0 aromatic rings. The first kappa shape index (κ1) is 15.2. The van der Waals surface area contributed by atoms with Gasteiger partial charge in [0.2, 0.25) is 10.0 Å². The van der Waals surface area contributed by atoms with Crippen molar-refractivity contribution in [1.29, 1.82) is 0 Å². The van der Waals surface area contributed by atoms with Gasteiger partial charge in [0.15, 0.2) is 14.9 Å². The van der Waals surface area contributed by atoms with Gasteiger partial charge in [0.1, 0.15) is 0 Å². The van der Waals surface area contributed by atoms with Crippen molar-refractivity contribution in [3.63, 3.8) is 0 Å². The summed E-state index contributed by atoms with van der Waals surface area (Å²) in [7, 11) is -7.31. The number of sulfonamides is 1. The molecule has 0 aromatic heterocycles. The van der Waals surface area contributed by atoms with Crippen LogP contribution in [-0.4, -0.2) is 50.9 Å². The molecule has 0 spiro atoms. The Kier molecular flexibility index (Phi) is 5.24. The third-order valence-corrected chi connectivity index (χ3v) is 7.18. The quantitative estimate of drug-likeness (QED) is 0.720. The number of rotatable bonds is 4. The molecule has 1 atom stereocenters. The van der Waals surface area contributed by atoms with Crippen molar-refractivity contribution in [3.05, 3.63) is 0 Å². The summed E-state index contributed by atoms with van der Waals surface area (Å²) in [6, 6.07) is -0.272. The summed E-state index contributed by atoms with van der Waals surface area (Å²) >= 11 is 5.77. The molecule has 17 heavy (non-hydrogen) atoms. The Morgan fingerprint density at radius 2 is 1.82 bits per heavy atom. The molecule has 1 aliphatic heterocycles. The van der Waals surface area contributed by atoms with E-state index in [1.807, 2.05) is 0 Å². The van der Waals surface area contributed by atoms with E-state index in [1.54, 1.807) is 0 Å². The standard InChI is InChI=1S/C9H18ClNO4S2/c1-16(12,13)8-17(14,15)11-6-4-2-3-5-9(11)7-10/h9H,2-8H2,1H3. The van der Waals surface area contributed by atoms with Crippen LogP contribution in [0.4, 0.5) is 0 Å². The highest BCUT2D eigenvalue weighted by Gasteiger charge is 2.32. The normalized spacial score (nSPS) is 24.5. The molecule has 0 saturated carbocycles. The zero-order chi connectivity index (χ0) is 13.1. The van der Waals surface area contributed by atoms with Crippen molar-refractivity contribution in [2.75, 3.05) is 23.8 Å². The van der Waals surface area contributed by atoms with Crippen LogP contribution in [-0.2, 0) is 19.9 Å². The van der Waals surface area contributed by atoms with E-state index in [0.717, 1.165) is 25.5 Å². The maximum Gasteiger partial charge on any atom is 0.228 e. The van der Waals surface area contributed by atoms with E-state index in [4.69, 9.17) is 11.6 Å². The lowest BCUT2D eigenvalue weighted by atomic mass is 10.1. The number of sulfone groups is 1. The first-order valence-electron chi connectivity index (χ1n) is 5.49. The fraction of sp³-hybridized carbons (Fsp3) is 1.00. The van der Waals surface area contributed by atoms with Crippen molar-refractivity contribution in [3.8, 4) is 0 Å². The largest absolute Gasteiger partial charge is 0.228 e. The Balaban J connectivity index is 2.93. The second-order valence-electron chi connectivity index (χ2n) is 4.42. The van der Waals surface area contributed by atoms with Gasteiger partial charge in [-0.2, -0.15) is 4.31 Å². The fourth-order valence-electron chi connectivity index (χ4n) is 2.01. The van der Waals surface area contributed by atoms with Crippen LogP contribution in [0.1, 0.15) is 25.7 Å². The molecule has 1 aliphatic rings. The monoisotopic (exact) mass is 303 g/mol. The molecule has 1 saturated heterocycles. The van der Waals surface area contributed by atoms with Gasteiger partial charge in [-0.15, -0.1) is 11.6 Å². The summed E-state index contributed by atoms with van der Waals surface area (Å²) in [5.74, 6) is 0.211. The molecule has 102 valence electrons. The summed E-state index contributed by atoms with van der Waals surface area (Å²) in [4.78, 5) is 0. The van der Waals surface area contributed by atoms with Gasteiger partial charge in [0, 0.05) is 24.7 Å². The van der Waals surface area contributed by atoms with E-state index in [2.05, 4.69) is 0 Å². The molecule has 0 amide bonds. The van der Waals surface area contributed by atoms with Crippen molar-refractivity contribution in [2.24, 2.45) is 0 Å². The van der Waals surface area contributed by atoms with Crippen LogP contribution in [0.3, 0.4) is 0 Å². The smallest absolute Gasteiger partial charge is 0.228 e. The first-order chi connectivity index (χ1) is 7.76. The Hall–Kier alpha value is 0.150. The third kappa shape index (κ3) is 4.73. The van der Waals surface area contributed by atoms with Crippen LogP contribution in [0.2, 0.25) is 0 Å². The maximum absolute atomic E-state index is 12.0. The van der Waals surface area contributed by atoms with Gasteiger partial charge < -0.3 is 0 Å². The minimum atomic E-state index is -3.76. The Labute approximate surface area is 108 Å². The van der Waals surface area contributed by atoms with E-state index in [-0.39, 0.29) is 11.9 Å². The molecule has 1 rings (SSSR count). The molecule has 0 radical (unpaired) electrons. The molecule has 0 aromatic carbocycles. The summed E-state index contributed by atoms with van der Waals surface area (Å²) in [5.41, 5.74) is 0. The number of hydrogen-bond donors (Lipinski definition) is 0. The van der Waals surface area contributed by atoms with Crippen LogP contribution in [0.5, 0.6) is 0 Å². The number of alkyl halides is 1. The SMILES string of the molecule is CS(=O)(=O)CS(=O)(=O)N1CCCCCC1CCl. The summed E-state index contributed by atoms with van der Waals surface area (Å²) in [6.45, 7) is 0.370. The van der Waals surface area contributed by atoms with Crippen LogP contribution in [0.25, 0.3) is 0 Å². The van der Waals surface area contributed by atoms with Gasteiger partial charge in [0.25, 0.3) is 0 Å². The van der Waals surface area contributed by atoms with Gasteiger partial charge in [-0.3, -0.25) is 0 Å². The minimum Gasteiger partial charge on any atom is -0.228 e. The van der Waals surface area contributed by atoms with Gasteiger partial charge in [-0.25, -0.2) is 16.8 Å². The van der Waals surface area contributed by atoms with Crippen LogP contribution in [0, 0.1) is 0 Å². The number of hydrogen-bond acceptors (Lipinski definition) is 4. The van der Waals surface area contributed by atoms with Crippen molar-refractivity contribution in [1.82, 2.24) is 4.31 Å². The second-order valence-corrected chi connectivity index (χ2v) is 9.16. The molecule has 8 heteroatoms. The van der Waals surface area contributed by atoms with E-state index in [0.29, 0.717) is 13.0 Å². The third-order valence-electron chi connectivity index (χ3n) is 2.72. The average Bonchev–Trinajstić information content (AvgIpc) is 2.38. The van der Waals surface area contributed by atoms with E-state index >= 15 is 0 Å². The Morgan fingerprint density at radius 3 is 2.35 bits per heavy atom. The summed E-state index contributed by atoms with van der Waals surface area (Å²) < 4.78 is 47.6. The molecule has 1 heterocycles. The highest BCUT2D eigenvalue weighted by Crippen LogP contribution is 2.21. The van der Waals surface area contributed by atoms with Crippen molar-refractivity contribution >= 4 is 31.5 Å². The molecular weight excluding hydrogens is 286 g/mol. The Morgan fingerprint density at radius 1 is 1.18 bits per heavy atom. The second kappa shape index (κ2) is 5.86. The predicted octanol–water partition coefficient (Wildman–Crippen LogP) is 0.802. The topological polar surface area (TPSA) is 71.5 Å². The lowest BCUT2D eigenvalue weighted by Gasteiger charge is -2.27. The average molecular weight is 304 g/mol. The van der Waals surface area contributed by atoms with Crippen LogP contribution >= 0.6 is 11.6 Å². The molecule has 0 bridgehead atoms. The van der Waals surface area contributed by atoms with Crippen molar-refractivity contribution < 1.29 is 16.8 Å². The van der Waals surface area contributed by atoms with Gasteiger partial charge in [0.05, 0.1) is 0 Å². The zero-order valence-corrected chi connectivity index (χ0v) is 12.2. The zero-order valence-electron chi connectivity index (χ0n) is 9.80. The van der Waals surface area contributed by atoms with Crippen molar-refractivity contribution in [2.45, 2.75) is 31.7 Å². The molecule has 5 nitrogen and oxygen atoms in total. The van der Waals surface area contributed by atoms with Crippen LogP contribution < -0.4 is 0 Å². The Bertz CT molecular complexity index is 446. The summed E-state index contributed by atoms with van der Waals surface area (Å²) in [5, 5.41) is -0.826. The maximum atomic E-state index is 12.0. The van der Waals surface area contributed by atoms with Gasteiger partial charge >= 0.3 is 0 Å². The molecule has 1 fully saturated rings. The van der Waals surface area contributed by atoms with E-state index < -0.39 is 24.9 Å². The van der Waals surface area contributed by atoms with E-state index in [9.17, 15) is 16.8 Å². The molecule has 0 aliphatic carbocycles. The molecule has 0 N–H and O–H groups in total. The number of halogens is 1.